The number of carbonyl (C=O) groups is 4. The Bertz CT molecular complexity index is 1600. The summed E-state index contributed by atoms with van der Waals surface area (Å²) in [5.74, 6) is -3.01. The van der Waals surface area contributed by atoms with Gasteiger partial charge in [0, 0.05) is 27.8 Å². The lowest BCUT2D eigenvalue weighted by Crippen LogP contribution is -2.18. The van der Waals surface area contributed by atoms with Crippen LogP contribution >= 0.6 is 22.7 Å². The molecule has 0 saturated carbocycles. The molecule has 0 fully saturated rings. The summed E-state index contributed by atoms with van der Waals surface area (Å²) in [6, 6.07) is 5.99. The lowest BCUT2D eigenvalue weighted by Gasteiger charge is -2.15. The van der Waals surface area contributed by atoms with Crippen molar-refractivity contribution in [2.45, 2.75) is 25.2 Å². The molecule has 38 heavy (non-hydrogen) atoms. The van der Waals surface area contributed by atoms with Crippen molar-refractivity contribution in [3.8, 4) is 9.75 Å². The average molecular weight is 567 g/mol. The summed E-state index contributed by atoms with van der Waals surface area (Å²) in [7, 11) is 0. The standard InChI is InChI=1S/C26H12F6O4S2/c27-25(28,29)13-5-1-11(2-6-13)19(33)17-9-15-21(35)22(36)16-10-18(38-24(16)23(15)37-17)20(34)12-3-7-14(8-4-12)26(30,31)32/h1-3,5-6,8-10H,4,7H2. The normalized spacial score (nSPS) is 15.5. The number of thiophene rings is 2. The minimum Gasteiger partial charge on any atom is -0.288 e. The molecule has 5 rings (SSSR count). The van der Waals surface area contributed by atoms with Crippen LogP contribution < -0.4 is 0 Å². The van der Waals surface area contributed by atoms with Gasteiger partial charge in [-0.15, -0.1) is 22.7 Å². The Hall–Kier alpha value is -3.64. The van der Waals surface area contributed by atoms with Crippen molar-refractivity contribution < 1.29 is 45.5 Å². The minimum atomic E-state index is -4.58. The summed E-state index contributed by atoms with van der Waals surface area (Å²) in [4.78, 5) is 52.0. The van der Waals surface area contributed by atoms with E-state index in [9.17, 15) is 45.5 Å². The highest BCUT2D eigenvalue weighted by Crippen LogP contribution is 2.45. The summed E-state index contributed by atoms with van der Waals surface area (Å²) in [6.45, 7) is 0. The van der Waals surface area contributed by atoms with Crippen LogP contribution in [-0.2, 0) is 6.18 Å². The highest BCUT2D eigenvalue weighted by atomic mass is 32.1. The largest absolute Gasteiger partial charge is 0.416 e. The van der Waals surface area contributed by atoms with E-state index in [0.29, 0.717) is 0 Å². The topological polar surface area (TPSA) is 68.3 Å². The Balaban J connectivity index is 1.46. The zero-order chi connectivity index (χ0) is 27.6. The summed E-state index contributed by atoms with van der Waals surface area (Å²) in [5.41, 5.74) is -1.71. The second kappa shape index (κ2) is 8.98. The van der Waals surface area contributed by atoms with Crippen LogP contribution in [0.15, 0.2) is 59.7 Å². The van der Waals surface area contributed by atoms with E-state index >= 15 is 0 Å². The molecule has 0 spiro atoms. The van der Waals surface area contributed by atoms with Gasteiger partial charge in [0.1, 0.15) is 0 Å². The number of hydrogen-bond acceptors (Lipinski definition) is 6. The Labute approximate surface area is 217 Å². The summed E-state index contributed by atoms with van der Waals surface area (Å²) >= 11 is 1.75. The van der Waals surface area contributed by atoms with Gasteiger partial charge < -0.3 is 0 Å². The summed E-state index contributed by atoms with van der Waals surface area (Å²) < 4.78 is 77.1. The van der Waals surface area contributed by atoms with Crippen LogP contribution in [0.3, 0.4) is 0 Å². The van der Waals surface area contributed by atoms with Gasteiger partial charge in [-0.25, -0.2) is 0 Å². The van der Waals surface area contributed by atoms with Crippen molar-refractivity contribution in [1.82, 2.24) is 0 Å². The molecule has 0 N–H and O–H groups in total. The number of rotatable bonds is 4. The maximum atomic E-state index is 13.0. The lowest BCUT2D eigenvalue weighted by molar-refractivity contribution is -0.137. The van der Waals surface area contributed by atoms with Crippen molar-refractivity contribution in [1.29, 1.82) is 0 Å². The number of benzene rings is 1. The zero-order valence-electron chi connectivity index (χ0n) is 18.8. The SMILES string of the molecule is O=C(C1=CCC(C(F)(F)F)=CC1)c1cc2c(s1)-c1sc(C(=O)c3ccc(C(F)(F)F)cc3)cc1C(=O)C2=O. The quantitative estimate of drug-likeness (QED) is 0.142. The molecule has 194 valence electrons. The number of allylic oxidation sites excluding steroid dienone is 4. The van der Waals surface area contributed by atoms with Crippen LogP contribution in [0.25, 0.3) is 9.75 Å². The Morgan fingerprint density at radius 1 is 0.684 bits per heavy atom. The number of Topliss-reactive ketones (excluding diaryl/α,β-unsaturated/α-hetero) is 3. The molecule has 3 aromatic rings. The van der Waals surface area contributed by atoms with E-state index in [1.807, 2.05) is 0 Å². The first-order valence-corrected chi connectivity index (χ1v) is 12.5. The fourth-order valence-electron chi connectivity index (χ4n) is 4.09. The number of fused-ring (bicyclic) bond motifs is 3. The smallest absolute Gasteiger partial charge is 0.288 e. The predicted molar refractivity (Wildman–Crippen MR) is 127 cm³/mol. The van der Waals surface area contributed by atoms with Gasteiger partial charge in [-0.1, -0.05) is 24.3 Å². The van der Waals surface area contributed by atoms with Crippen molar-refractivity contribution in [2.75, 3.05) is 0 Å². The molecule has 0 saturated heterocycles. The van der Waals surface area contributed by atoms with E-state index in [4.69, 9.17) is 0 Å². The first-order valence-electron chi connectivity index (χ1n) is 10.8. The number of ketones is 4. The molecule has 2 aliphatic carbocycles. The van der Waals surface area contributed by atoms with Gasteiger partial charge >= 0.3 is 12.4 Å². The third kappa shape index (κ3) is 4.47. The summed E-state index contributed by atoms with van der Waals surface area (Å²) in [6.07, 6.45) is -7.65. The van der Waals surface area contributed by atoms with E-state index < -0.39 is 53.0 Å². The van der Waals surface area contributed by atoms with Crippen LogP contribution in [0.1, 0.15) is 64.0 Å². The molecule has 0 amide bonds. The van der Waals surface area contributed by atoms with E-state index in [-0.39, 0.29) is 48.2 Å². The van der Waals surface area contributed by atoms with Crippen LogP contribution in [0.2, 0.25) is 0 Å². The zero-order valence-corrected chi connectivity index (χ0v) is 20.4. The number of hydrogen-bond donors (Lipinski definition) is 0. The highest BCUT2D eigenvalue weighted by Gasteiger charge is 2.38. The van der Waals surface area contributed by atoms with Crippen molar-refractivity contribution in [3.63, 3.8) is 0 Å². The van der Waals surface area contributed by atoms with Crippen LogP contribution in [0, 0.1) is 0 Å². The van der Waals surface area contributed by atoms with Gasteiger partial charge in [0.05, 0.1) is 25.1 Å². The molecule has 0 bridgehead atoms. The molecule has 2 heterocycles. The maximum absolute atomic E-state index is 13.0. The average Bonchev–Trinajstić information content (AvgIpc) is 3.51. The molecule has 0 unspecified atom stereocenters. The first-order chi connectivity index (χ1) is 17.8. The Morgan fingerprint density at radius 3 is 1.66 bits per heavy atom. The van der Waals surface area contributed by atoms with E-state index in [1.54, 1.807) is 0 Å². The summed E-state index contributed by atoms with van der Waals surface area (Å²) in [5, 5.41) is 0. The monoisotopic (exact) mass is 566 g/mol. The van der Waals surface area contributed by atoms with Gasteiger partial charge in [0.25, 0.3) is 0 Å². The van der Waals surface area contributed by atoms with Gasteiger partial charge in [-0.05, 0) is 37.1 Å². The first kappa shape index (κ1) is 26.0. The Kier molecular flexibility index (Phi) is 6.14. The number of carbonyl (C=O) groups excluding carboxylic acids is 4. The second-order valence-corrected chi connectivity index (χ2v) is 10.6. The molecule has 2 aromatic heterocycles. The van der Waals surface area contributed by atoms with Crippen molar-refractivity contribution in [3.05, 3.63) is 91.7 Å². The second-order valence-electron chi connectivity index (χ2n) is 8.46. The number of halogens is 6. The number of alkyl halides is 6. The van der Waals surface area contributed by atoms with Gasteiger partial charge in [0.2, 0.25) is 17.3 Å². The molecular formula is C26H12F6O4S2. The third-order valence-electron chi connectivity index (χ3n) is 6.08. The van der Waals surface area contributed by atoms with E-state index in [1.165, 1.54) is 18.2 Å². The van der Waals surface area contributed by atoms with Crippen molar-refractivity contribution in [2.24, 2.45) is 0 Å². The molecule has 1 aromatic carbocycles. The minimum absolute atomic E-state index is 0.0184. The molecule has 4 nitrogen and oxygen atoms in total. The van der Waals surface area contributed by atoms with Crippen molar-refractivity contribution >= 4 is 45.8 Å². The van der Waals surface area contributed by atoms with Gasteiger partial charge in [0.15, 0.2) is 5.78 Å². The fourth-order valence-corrected chi connectivity index (χ4v) is 6.49. The fraction of sp³-hybridized carbons (Fsp3) is 0.154. The third-order valence-corrected chi connectivity index (χ3v) is 8.51. The van der Waals surface area contributed by atoms with Gasteiger partial charge in [-0.2, -0.15) is 26.3 Å². The lowest BCUT2D eigenvalue weighted by atomic mass is 9.93. The molecule has 12 heteroatoms. The van der Waals surface area contributed by atoms with Crippen LogP contribution in [0.4, 0.5) is 26.3 Å². The molecule has 0 radical (unpaired) electrons. The highest BCUT2D eigenvalue weighted by molar-refractivity contribution is 7.25. The molecule has 0 aliphatic heterocycles. The van der Waals surface area contributed by atoms with Crippen LogP contribution in [-0.4, -0.2) is 29.3 Å². The predicted octanol–water partition coefficient (Wildman–Crippen LogP) is 7.50. The van der Waals surface area contributed by atoms with E-state index in [2.05, 4.69) is 0 Å². The molecule has 0 atom stereocenters. The Morgan fingerprint density at radius 2 is 1.21 bits per heavy atom. The molecule has 2 aliphatic rings. The molecular weight excluding hydrogens is 554 g/mol. The maximum Gasteiger partial charge on any atom is 0.416 e. The van der Waals surface area contributed by atoms with E-state index in [0.717, 1.165) is 53.0 Å². The van der Waals surface area contributed by atoms with Gasteiger partial charge in [-0.3, -0.25) is 19.2 Å². The van der Waals surface area contributed by atoms with Crippen LogP contribution in [0.5, 0.6) is 0 Å².